The third-order valence-electron chi connectivity index (χ3n) is 3.12. The van der Waals surface area contributed by atoms with E-state index < -0.39 is 10.5 Å². The standard InChI is InChI=1S/C15H6Cl2O4/c16-14(19)7-2-4-11-10(5-7)13(18)9-3-1-8(15(17)20)6-12(9)21-11/h1-6H. The van der Waals surface area contributed by atoms with E-state index in [1.165, 1.54) is 36.4 Å². The number of hydrogen-bond donors (Lipinski definition) is 0. The zero-order valence-electron chi connectivity index (χ0n) is 10.4. The second kappa shape index (κ2) is 4.98. The van der Waals surface area contributed by atoms with Gasteiger partial charge in [-0.05, 0) is 59.6 Å². The number of benzene rings is 2. The number of fused-ring (bicyclic) bond motifs is 2. The Kier molecular flexibility index (Phi) is 3.27. The fourth-order valence-electron chi connectivity index (χ4n) is 2.10. The SMILES string of the molecule is O=C(Cl)c1ccc2c(=O)c3cc(C(=O)Cl)ccc3oc2c1. The van der Waals surface area contributed by atoms with Gasteiger partial charge in [-0.1, -0.05) is 0 Å². The molecule has 0 spiro atoms. The fraction of sp³-hybridized carbons (Fsp3) is 0. The maximum atomic E-state index is 12.4. The molecule has 3 aromatic rings. The van der Waals surface area contributed by atoms with Crippen molar-refractivity contribution in [2.45, 2.75) is 0 Å². The summed E-state index contributed by atoms with van der Waals surface area (Å²) in [4.78, 5) is 34.7. The van der Waals surface area contributed by atoms with E-state index >= 15 is 0 Å². The van der Waals surface area contributed by atoms with Gasteiger partial charge in [0.25, 0.3) is 10.5 Å². The van der Waals surface area contributed by atoms with E-state index in [9.17, 15) is 14.4 Å². The smallest absolute Gasteiger partial charge is 0.252 e. The van der Waals surface area contributed by atoms with E-state index in [0.29, 0.717) is 11.0 Å². The molecular formula is C15H6Cl2O4. The van der Waals surface area contributed by atoms with Crippen molar-refractivity contribution in [2.24, 2.45) is 0 Å². The number of halogens is 2. The highest BCUT2D eigenvalue weighted by atomic mass is 35.5. The highest BCUT2D eigenvalue weighted by Gasteiger charge is 2.12. The Bertz CT molecular complexity index is 972. The Hall–Kier alpha value is -2.17. The zero-order chi connectivity index (χ0) is 15.1. The molecule has 0 radical (unpaired) electrons. The molecule has 0 aliphatic heterocycles. The average Bonchev–Trinajstić information content (AvgIpc) is 2.46. The van der Waals surface area contributed by atoms with Gasteiger partial charge in [0.05, 0.1) is 10.8 Å². The lowest BCUT2D eigenvalue weighted by molar-refractivity contribution is 0.107. The first kappa shape index (κ1) is 13.8. The topological polar surface area (TPSA) is 64.3 Å². The van der Waals surface area contributed by atoms with Crippen molar-refractivity contribution in [3.05, 3.63) is 57.7 Å². The van der Waals surface area contributed by atoms with Gasteiger partial charge in [0.1, 0.15) is 11.2 Å². The first-order valence-electron chi connectivity index (χ1n) is 5.87. The van der Waals surface area contributed by atoms with Gasteiger partial charge < -0.3 is 4.42 Å². The Balaban J connectivity index is 2.40. The minimum Gasteiger partial charge on any atom is -0.456 e. The average molecular weight is 321 g/mol. The van der Waals surface area contributed by atoms with Crippen LogP contribution in [-0.4, -0.2) is 10.5 Å². The first-order chi connectivity index (χ1) is 9.97. The van der Waals surface area contributed by atoms with Crippen molar-refractivity contribution in [1.82, 2.24) is 0 Å². The van der Waals surface area contributed by atoms with Gasteiger partial charge in [0.15, 0.2) is 0 Å². The number of rotatable bonds is 2. The molecule has 2 aromatic carbocycles. The molecular weight excluding hydrogens is 315 g/mol. The number of carbonyl (C=O) groups excluding carboxylic acids is 2. The molecule has 4 nitrogen and oxygen atoms in total. The van der Waals surface area contributed by atoms with Gasteiger partial charge in [0, 0.05) is 11.1 Å². The molecule has 0 aliphatic carbocycles. The lowest BCUT2D eigenvalue weighted by Gasteiger charge is -2.03. The third kappa shape index (κ3) is 2.33. The van der Waals surface area contributed by atoms with E-state index in [1.54, 1.807) is 0 Å². The summed E-state index contributed by atoms with van der Waals surface area (Å²) in [6.07, 6.45) is 0. The second-order valence-corrected chi connectivity index (χ2v) is 5.09. The molecule has 21 heavy (non-hydrogen) atoms. The van der Waals surface area contributed by atoms with Crippen LogP contribution >= 0.6 is 23.2 Å². The lowest BCUT2D eigenvalue weighted by Crippen LogP contribution is -2.04. The molecule has 0 fully saturated rings. The van der Waals surface area contributed by atoms with E-state index in [0.717, 1.165) is 0 Å². The molecule has 0 bridgehead atoms. The van der Waals surface area contributed by atoms with Crippen molar-refractivity contribution in [3.8, 4) is 0 Å². The highest BCUT2D eigenvalue weighted by Crippen LogP contribution is 2.22. The Labute approximate surface area is 127 Å². The summed E-state index contributed by atoms with van der Waals surface area (Å²) < 4.78 is 5.59. The summed E-state index contributed by atoms with van der Waals surface area (Å²) in [6, 6.07) is 8.65. The quantitative estimate of drug-likeness (QED) is 0.533. The lowest BCUT2D eigenvalue weighted by atomic mass is 10.1. The largest absolute Gasteiger partial charge is 0.456 e. The predicted octanol–water partition coefficient (Wildman–Crippen LogP) is 3.70. The maximum absolute atomic E-state index is 12.4. The van der Waals surface area contributed by atoms with E-state index in [4.69, 9.17) is 27.6 Å². The summed E-state index contributed by atoms with van der Waals surface area (Å²) in [5.74, 6) is 0. The molecule has 0 saturated carbocycles. The van der Waals surface area contributed by atoms with Gasteiger partial charge in [-0.2, -0.15) is 0 Å². The molecule has 0 aliphatic rings. The fourth-order valence-corrected chi connectivity index (χ4v) is 2.33. The van der Waals surface area contributed by atoms with Gasteiger partial charge in [-0.3, -0.25) is 14.4 Å². The van der Waals surface area contributed by atoms with Crippen molar-refractivity contribution >= 4 is 55.6 Å². The van der Waals surface area contributed by atoms with Gasteiger partial charge >= 0.3 is 0 Å². The summed E-state index contributed by atoms with van der Waals surface area (Å²) in [5.41, 5.74) is 0.694. The van der Waals surface area contributed by atoms with Crippen LogP contribution in [0.5, 0.6) is 0 Å². The van der Waals surface area contributed by atoms with Crippen LogP contribution in [0, 0.1) is 0 Å². The van der Waals surface area contributed by atoms with E-state index in [1.807, 2.05) is 0 Å². The van der Waals surface area contributed by atoms with E-state index in [-0.39, 0.29) is 27.5 Å². The zero-order valence-corrected chi connectivity index (χ0v) is 11.9. The van der Waals surface area contributed by atoms with Gasteiger partial charge in [-0.25, -0.2) is 0 Å². The number of hydrogen-bond acceptors (Lipinski definition) is 4. The predicted molar refractivity (Wildman–Crippen MR) is 80.4 cm³/mol. The molecule has 0 unspecified atom stereocenters. The van der Waals surface area contributed by atoms with Gasteiger partial charge in [-0.15, -0.1) is 0 Å². The summed E-state index contributed by atoms with van der Waals surface area (Å²) >= 11 is 10.8. The van der Waals surface area contributed by atoms with Crippen LogP contribution in [0.4, 0.5) is 0 Å². The van der Waals surface area contributed by atoms with Gasteiger partial charge in [0.2, 0.25) is 5.43 Å². The van der Waals surface area contributed by atoms with Crippen molar-refractivity contribution in [3.63, 3.8) is 0 Å². The highest BCUT2D eigenvalue weighted by molar-refractivity contribution is 6.68. The van der Waals surface area contributed by atoms with Crippen LogP contribution in [0.1, 0.15) is 20.7 Å². The minimum atomic E-state index is -0.653. The summed E-state index contributed by atoms with van der Waals surface area (Å²) in [5, 5.41) is -0.746. The molecule has 0 amide bonds. The van der Waals surface area contributed by atoms with Crippen molar-refractivity contribution < 1.29 is 14.0 Å². The molecule has 3 rings (SSSR count). The summed E-state index contributed by atoms with van der Waals surface area (Å²) in [6.45, 7) is 0. The minimum absolute atomic E-state index is 0.211. The molecule has 0 N–H and O–H groups in total. The molecule has 0 saturated heterocycles. The number of carbonyl (C=O) groups is 2. The Morgan fingerprint density at radius 1 is 0.810 bits per heavy atom. The molecule has 104 valence electrons. The van der Waals surface area contributed by atoms with Crippen LogP contribution in [0.25, 0.3) is 21.9 Å². The molecule has 0 atom stereocenters. The maximum Gasteiger partial charge on any atom is 0.252 e. The van der Waals surface area contributed by atoms with Crippen LogP contribution in [0.3, 0.4) is 0 Å². The van der Waals surface area contributed by atoms with Crippen LogP contribution in [0.15, 0.2) is 45.6 Å². The third-order valence-corrected chi connectivity index (χ3v) is 3.56. The molecule has 6 heteroatoms. The van der Waals surface area contributed by atoms with Crippen LogP contribution in [0.2, 0.25) is 0 Å². The Morgan fingerprint density at radius 2 is 1.43 bits per heavy atom. The van der Waals surface area contributed by atoms with E-state index in [2.05, 4.69) is 0 Å². The van der Waals surface area contributed by atoms with Crippen LogP contribution in [-0.2, 0) is 0 Å². The van der Waals surface area contributed by atoms with Crippen molar-refractivity contribution in [2.75, 3.05) is 0 Å². The summed E-state index contributed by atoms with van der Waals surface area (Å²) in [7, 11) is 0. The Morgan fingerprint density at radius 3 is 2.10 bits per heavy atom. The van der Waals surface area contributed by atoms with Crippen LogP contribution < -0.4 is 5.43 Å². The second-order valence-electron chi connectivity index (χ2n) is 4.40. The first-order valence-corrected chi connectivity index (χ1v) is 6.63. The molecule has 1 heterocycles. The van der Waals surface area contributed by atoms with Crippen molar-refractivity contribution in [1.29, 1.82) is 0 Å². The molecule has 1 aromatic heterocycles. The monoisotopic (exact) mass is 320 g/mol. The normalized spacial score (nSPS) is 11.0.